The van der Waals surface area contributed by atoms with Crippen LogP contribution < -0.4 is 5.32 Å². The van der Waals surface area contributed by atoms with Crippen LogP contribution >= 0.6 is 0 Å². The Bertz CT molecular complexity index is 700. The van der Waals surface area contributed by atoms with Crippen LogP contribution in [-0.2, 0) is 14.8 Å². The predicted molar refractivity (Wildman–Crippen MR) is 101 cm³/mol. The zero-order valence-electron chi connectivity index (χ0n) is 15.4. The highest BCUT2D eigenvalue weighted by Crippen LogP contribution is 2.23. The lowest BCUT2D eigenvalue weighted by Gasteiger charge is -2.34. The van der Waals surface area contributed by atoms with Crippen LogP contribution in [0.4, 0.5) is 0 Å². The summed E-state index contributed by atoms with van der Waals surface area (Å²) in [6.45, 7) is 4.56. The number of benzene rings is 1. The topological polar surface area (TPSA) is 69.7 Å². The second-order valence-corrected chi connectivity index (χ2v) is 9.37. The van der Waals surface area contributed by atoms with Gasteiger partial charge in [-0.3, -0.25) is 9.69 Å². The first-order valence-corrected chi connectivity index (χ1v) is 11.0. The van der Waals surface area contributed by atoms with Crippen molar-refractivity contribution in [2.24, 2.45) is 5.92 Å². The molecular formula is C19H29N3O3S. The molecule has 1 saturated heterocycles. The number of hydrogen-bond acceptors (Lipinski definition) is 4. The molecule has 3 rings (SSSR count). The molecule has 0 unspecified atom stereocenters. The molecule has 0 bridgehead atoms. The predicted octanol–water partition coefficient (Wildman–Crippen LogP) is 1.69. The molecule has 1 N–H and O–H groups in total. The van der Waals surface area contributed by atoms with Gasteiger partial charge in [0.05, 0.1) is 11.4 Å². The van der Waals surface area contributed by atoms with Gasteiger partial charge in [-0.1, -0.05) is 38.0 Å². The van der Waals surface area contributed by atoms with E-state index >= 15 is 0 Å². The summed E-state index contributed by atoms with van der Waals surface area (Å²) in [6, 6.07) is 8.82. The maximum Gasteiger partial charge on any atom is 0.243 e. The average molecular weight is 380 g/mol. The molecule has 1 amide bonds. The van der Waals surface area contributed by atoms with Crippen molar-refractivity contribution in [3.8, 4) is 0 Å². The minimum atomic E-state index is -3.44. The molecule has 7 heteroatoms. The van der Waals surface area contributed by atoms with Crippen LogP contribution in [0.25, 0.3) is 0 Å². The summed E-state index contributed by atoms with van der Waals surface area (Å²) in [4.78, 5) is 14.7. The van der Waals surface area contributed by atoms with E-state index in [4.69, 9.17) is 0 Å². The van der Waals surface area contributed by atoms with Gasteiger partial charge in [0.25, 0.3) is 0 Å². The standard InChI is InChI=1S/C19H29N3O3S/c1-16-7-5-6-10-18(16)20-19(23)15-21-11-13-22(14-12-21)26(24,25)17-8-3-2-4-9-17/h2-4,8-9,16,18H,5-7,10-15H2,1H3,(H,20,23)/t16-,18-/m1/s1. The fourth-order valence-electron chi connectivity index (χ4n) is 3.86. The Balaban J connectivity index is 1.48. The molecule has 2 fully saturated rings. The number of sulfonamides is 1. The molecule has 0 spiro atoms. The Morgan fingerprint density at radius 3 is 2.38 bits per heavy atom. The Morgan fingerprint density at radius 2 is 1.73 bits per heavy atom. The van der Waals surface area contributed by atoms with Gasteiger partial charge in [-0.25, -0.2) is 8.42 Å². The van der Waals surface area contributed by atoms with Crippen molar-refractivity contribution in [2.75, 3.05) is 32.7 Å². The molecule has 1 aromatic carbocycles. The maximum atomic E-state index is 12.6. The van der Waals surface area contributed by atoms with E-state index in [0.29, 0.717) is 43.5 Å². The van der Waals surface area contributed by atoms with Crippen LogP contribution in [0.3, 0.4) is 0 Å². The average Bonchev–Trinajstić information content (AvgIpc) is 2.65. The minimum Gasteiger partial charge on any atom is -0.352 e. The highest BCUT2D eigenvalue weighted by Gasteiger charge is 2.29. The number of nitrogens with zero attached hydrogens (tertiary/aromatic N) is 2. The second kappa shape index (κ2) is 8.50. The lowest BCUT2D eigenvalue weighted by Crippen LogP contribution is -2.52. The number of piperazine rings is 1. The summed E-state index contributed by atoms with van der Waals surface area (Å²) in [7, 11) is -3.44. The fourth-order valence-corrected chi connectivity index (χ4v) is 5.30. The summed E-state index contributed by atoms with van der Waals surface area (Å²) in [5, 5.41) is 3.17. The number of carbonyl (C=O) groups is 1. The molecule has 1 aliphatic heterocycles. The molecule has 2 atom stereocenters. The largest absolute Gasteiger partial charge is 0.352 e. The van der Waals surface area contributed by atoms with Crippen molar-refractivity contribution in [2.45, 2.75) is 43.5 Å². The molecule has 1 saturated carbocycles. The molecule has 0 radical (unpaired) electrons. The van der Waals surface area contributed by atoms with Crippen molar-refractivity contribution in [3.05, 3.63) is 30.3 Å². The number of hydrogen-bond donors (Lipinski definition) is 1. The van der Waals surface area contributed by atoms with Gasteiger partial charge in [-0.15, -0.1) is 0 Å². The summed E-state index contributed by atoms with van der Waals surface area (Å²) in [6.07, 6.45) is 4.69. The summed E-state index contributed by atoms with van der Waals surface area (Å²) in [5.74, 6) is 0.601. The first kappa shape index (κ1) is 19.3. The van der Waals surface area contributed by atoms with Crippen LogP contribution in [0.2, 0.25) is 0 Å². The highest BCUT2D eigenvalue weighted by molar-refractivity contribution is 7.89. The Morgan fingerprint density at radius 1 is 1.08 bits per heavy atom. The van der Waals surface area contributed by atoms with Crippen molar-refractivity contribution in [1.82, 2.24) is 14.5 Å². The van der Waals surface area contributed by atoms with Crippen LogP contribution in [0.5, 0.6) is 0 Å². The van der Waals surface area contributed by atoms with E-state index in [1.54, 1.807) is 24.3 Å². The zero-order valence-corrected chi connectivity index (χ0v) is 16.2. The van der Waals surface area contributed by atoms with E-state index < -0.39 is 10.0 Å². The van der Waals surface area contributed by atoms with Crippen LogP contribution in [0.15, 0.2) is 35.2 Å². The number of nitrogens with one attached hydrogen (secondary N) is 1. The Labute approximate surface area is 156 Å². The summed E-state index contributed by atoms with van der Waals surface area (Å²) < 4.78 is 26.8. The molecule has 0 aromatic heterocycles. The first-order valence-electron chi connectivity index (χ1n) is 9.54. The molecule has 26 heavy (non-hydrogen) atoms. The van der Waals surface area contributed by atoms with Gasteiger partial charge in [0, 0.05) is 32.2 Å². The zero-order chi connectivity index (χ0) is 18.6. The first-order chi connectivity index (χ1) is 12.5. The smallest absolute Gasteiger partial charge is 0.243 e. The fraction of sp³-hybridized carbons (Fsp3) is 0.632. The number of carbonyl (C=O) groups excluding carboxylic acids is 1. The minimum absolute atomic E-state index is 0.0584. The number of amides is 1. The van der Waals surface area contributed by atoms with Crippen molar-refractivity contribution < 1.29 is 13.2 Å². The van der Waals surface area contributed by atoms with E-state index in [1.165, 1.54) is 23.6 Å². The highest BCUT2D eigenvalue weighted by atomic mass is 32.2. The molecule has 1 aromatic rings. The van der Waals surface area contributed by atoms with Crippen molar-refractivity contribution in [1.29, 1.82) is 0 Å². The Hall–Kier alpha value is -1.44. The maximum absolute atomic E-state index is 12.6. The van der Waals surface area contributed by atoms with E-state index in [0.717, 1.165) is 6.42 Å². The normalized spacial score (nSPS) is 25.7. The van der Waals surface area contributed by atoms with E-state index in [-0.39, 0.29) is 11.9 Å². The monoisotopic (exact) mass is 379 g/mol. The van der Waals surface area contributed by atoms with Crippen LogP contribution in [0, 0.1) is 5.92 Å². The van der Waals surface area contributed by atoms with Gasteiger partial charge in [-0.2, -0.15) is 4.31 Å². The summed E-state index contributed by atoms with van der Waals surface area (Å²) in [5.41, 5.74) is 0. The van der Waals surface area contributed by atoms with Gasteiger partial charge in [-0.05, 0) is 30.9 Å². The quantitative estimate of drug-likeness (QED) is 0.845. The molecule has 144 valence electrons. The number of rotatable bonds is 5. The SMILES string of the molecule is C[C@@H]1CCCC[C@H]1NC(=O)CN1CCN(S(=O)(=O)c2ccccc2)CC1. The third-order valence-corrected chi connectivity index (χ3v) is 7.45. The van der Waals surface area contributed by atoms with Gasteiger partial charge in [0.15, 0.2) is 0 Å². The van der Waals surface area contributed by atoms with Crippen molar-refractivity contribution >= 4 is 15.9 Å². The van der Waals surface area contributed by atoms with Crippen molar-refractivity contribution in [3.63, 3.8) is 0 Å². The third kappa shape index (κ3) is 4.64. The van der Waals surface area contributed by atoms with Crippen LogP contribution in [-0.4, -0.2) is 62.3 Å². The van der Waals surface area contributed by atoms with Crippen LogP contribution in [0.1, 0.15) is 32.6 Å². The molecule has 1 aliphatic carbocycles. The molecule has 1 heterocycles. The lowest BCUT2D eigenvalue weighted by molar-refractivity contribution is -0.123. The Kier molecular flexibility index (Phi) is 6.32. The summed E-state index contributed by atoms with van der Waals surface area (Å²) >= 11 is 0. The molecule has 6 nitrogen and oxygen atoms in total. The third-order valence-electron chi connectivity index (χ3n) is 5.54. The lowest BCUT2D eigenvalue weighted by atomic mass is 9.86. The van der Waals surface area contributed by atoms with E-state index in [9.17, 15) is 13.2 Å². The van der Waals surface area contributed by atoms with Gasteiger partial charge < -0.3 is 5.32 Å². The van der Waals surface area contributed by atoms with Gasteiger partial charge >= 0.3 is 0 Å². The van der Waals surface area contributed by atoms with Gasteiger partial charge in [0.2, 0.25) is 15.9 Å². The molecular weight excluding hydrogens is 350 g/mol. The second-order valence-electron chi connectivity index (χ2n) is 7.43. The van der Waals surface area contributed by atoms with Gasteiger partial charge in [0.1, 0.15) is 0 Å². The molecule has 2 aliphatic rings. The van der Waals surface area contributed by atoms with E-state index in [2.05, 4.69) is 12.2 Å². The van der Waals surface area contributed by atoms with E-state index in [1.807, 2.05) is 11.0 Å².